The van der Waals surface area contributed by atoms with Crippen molar-refractivity contribution in [3.8, 4) is 34.7 Å². The molecule has 0 amide bonds. The maximum absolute atomic E-state index is 12.9. The highest BCUT2D eigenvalue weighted by Crippen LogP contribution is 2.41. The van der Waals surface area contributed by atoms with Gasteiger partial charge in [0.15, 0.2) is 0 Å². The van der Waals surface area contributed by atoms with Crippen LogP contribution in [0, 0.1) is 0 Å². The van der Waals surface area contributed by atoms with Gasteiger partial charge in [-0.15, -0.1) is 0 Å². The average molecular weight is 547 g/mol. The number of sulfonamides is 1. The van der Waals surface area contributed by atoms with E-state index in [-0.39, 0.29) is 43.2 Å². The molecule has 1 aromatic carbocycles. The number of nitrogens with zero attached hydrogens (tertiary/aromatic N) is 5. The fourth-order valence-corrected chi connectivity index (χ4v) is 4.38. The Morgan fingerprint density at radius 3 is 2.23 bits per heavy atom. The quantitative estimate of drug-likeness (QED) is 0.368. The molecule has 0 atom stereocenters. The SMILES string of the molecule is COc1nc(-n2cc(S(N)(=O)=O)c3ccc(Cl)c(-c4cnc(Cl)cn4)c32)nc(OC)c1OC(F)F. The van der Waals surface area contributed by atoms with Crippen molar-refractivity contribution in [3.05, 3.63) is 40.9 Å². The number of nitrogens with two attached hydrogens (primary N) is 1. The second-order valence-electron chi connectivity index (χ2n) is 6.70. The third-order valence-electron chi connectivity index (χ3n) is 4.66. The van der Waals surface area contributed by atoms with Gasteiger partial charge < -0.3 is 14.2 Å². The summed E-state index contributed by atoms with van der Waals surface area (Å²) in [7, 11) is -1.92. The standard InChI is InChI=1S/C19H14Cl2F2N6O5S/c1-32-16-15(34-18(22)23)17(33-2)28-19(27-16)29-7-11(35(24,30)31)8-3-4-9(20)13(14(8)29)10-5-26-12(21)6-25-10/h3-7,18H,1-2H3,(H2,24,30,31). The Morgan fingerprint density at radius 2 is 1.71 bits per heavy atom. The van der Waals surface area contributed by atoms with E-state index in [0.29, 0.717) is 0 Å². The molecule has 0 spiro atoms. The predicted molar refractivity (Wildman–Crippen MR) is 121 cm³/mol. The van der Waals surface area contributed by atoms with E-state index in [0.717, 1.165) is 6.20 Å². The van der Waals surface area contributed by atoms with E-state index in [2.05, 4.69) is 24.7 Å². The topological polar surface area (TPSA) is 144 Å². The lowest BCUT2D eigenvalue weighted by Gasteiger charge is -2.15. The van der Waals surface area contributed by atoms with Crippen LogP contribution in [0.2, 0.25) is 10.2 Å². The maximum Gasteiger partial charge on any atom is 0.387 e. The van der Waals surface area contributed by atoms with Gasteiger partial charge in [0, 0.05) is 17.1 Å². The van der Waals surface area contributed by atoms with Gasteiger partial charge >= 0.3 is 6.61 Å². The molecule has 0 saturated heterocycles. The monoisotopic (exact) mass is 546 g/mol. The second-order valence-corrected chi connectivity index (χ2v) is 9.03. The highest BCUT2D eigenvalue weighted by atomic mass is 35.5. The van der Waals surface area contributed by atoms with E-state index in [9.17, 15) is 17.2 Å². The van der Waals surface area contributed by atoms with Crippen LogP contribution in [-0.2, 0) is 10.0 Å². The molecule has 0 unspecified atom stereocenters. The van der Waals surface area contributed by atoms with Crippen LogP contribution >= 0.6 is 23.2 Å². The number of hydrogen-bond donors (Lipinski definition) is 1. The smallest absolute Gasteiger partial charge is 0.387 e. The van der Waals surface area contributed by atoms with Crippen LogP contribution in [0.25, 0.3) is 28.1 Å². The van der Waals surface area contributed by atoms with Gasteiger partial charge in [0.2, 0.25) is 21.7 Å². The lowest BCUT2D eigenvalue weighted by molar-refractivity contribution is -0.0534. The summed E-state index contributed by atoms with van der Waals surface area (Å²) in [5.74, 6) is -1.59. The first kappa shape index (κ1) is 24.8. The summed E-state index contributed by atoms with van der Waals surface area (Å²) in [5.41, 5.74) is 0.657. The zero-order chi connectivity index (χ0) is 25.5. The normalized spacial score (nSPS) is 11.8. The number of benzene rings is 1. The van der Waals surface area contributed by atoms with Gasteiger partial charge in [-0.3, -0.25) is 9.55 Å². The molecule has 11 nitrogen and oxygen atoms in total. The summed E-state index contributed by atoms with van der Waals surface area (Å²) in [6.45, 7) is -3.22. The van der Waals surface area contributed by atoms with Crippen molar-refractivity contribution in [2.75, 3.05) is 14.2 Å². The summed E-state index contributed by atoms with van der Waals surface area (Å²) in [4.78, 5) is 16.1. The van der Waals surface area contributed by atoms with Gasteiger partial charge in [0.05, 0.1) is 42.8 Å². The van der Waals surface area contributed by atoms with E-state index >= 15 is 0 Å². The van der Waals surface area contributed by atoms with E-state index in [1.165, 1.54) is 43.3 Å². The van der Waals surface area contributed by atoms with Crippen LogP contribution in [-0.4, -0.2) is 53.8 Å². The Labute approximate surface area is 206 Å². The molecule has 0 aliphatic carbocycles. The molecule has 4 rings (SSSR count). The van der Waals surface area contributed by atoms with Gasteiger partial charge in [-0.1, -0.05) is 23.2 Å². The number of ether oxygens (including phenoxy) is 3. The molecule has 0 bridgehead atoms. The first-order valence-corrected chi connectivity index (χ1v) is 11.6. The van der Waals surface area contributed by atoms with Gasteiger partial charge in [-0.05, 0) is 12.1 Å². The number of alkyl halides is 2. The first-order chi connectivity index (χ1) is 16.5. The molecule has 3 aromatic heterocycles. The second kappa shape index (κ2) is 9.37. The van der Waals surface area contributed by atoms with Gasteiger partial charge in [-0.25, -0.2) is 18.5 Å². The van der Waals surface area contributed by atoms with Crippen LogP contribution in [0.15, 0.2) is 35.6 Å². The fourth-order valence-electron chi connectivity index (χ4n) is 3.31. The molecule has 0 saturated carbocycles. The van der Waals surface area contributed by atoms with Crippen molar-refractivity contribution in [2.24, 2.45) is 5.14 Å². The van der Waals surface area contributed by atoms with E-state index in [1.54, 1.807) is 0 Å². The molecule has 0 fully saturated rings. The largest absolute Gasteiger partial charge is 0.478 e. The molecule has 2 N–H and O–H groups in total. The lowest BCUT2D eigenvalue weighted by Crippen LogP contribution is -2.12. The fraction of sp³-hybridized carbons (Fsp3) is 0.158. The molecule has 4 aromatic rings. The van der Waals surface area contributed by atoms with E-state index in [4.69, 9.17) is 37.8 Å². The number of primary sulfonamides is 1. The lowest BCUT2D eigenvalue weighted by atomic mass is 10.1. The van der Waals surface area contributed by atoms with E-state index in [1.807, 2.05) is 0 Å². The van der Waals surface area contributed by atoms with E-state index < -0.39 is 34.1 Å². The van der Waals surface area contributed by atoms with Crippen LogP contribution < -0.4 is 19.3 Å². The number of methoxy groups -OCH3 is 2. The highest BCUT2D eigenvalue weighted by Gasteiger charge is 2.27. The molecule has 3 heterocycles. The average Bonchev–Trinajstić information content (AvgIpc) is 3.20. The molecular formula is C19H14Cl2F2N6O5S. The van der Waals surface area contributed by atoms with Crippen molar-refractivity contribution in [3.63, 3.8) is 0 Å². The minimum atomic E-state index is -4.25. The third kappa shape index (κ3) is 4.65. The Balaban J connectivity index is 2.12. The molecule has 16 heteroatoms. The van der Waals surface area contributed by atoms with Gasteiger partial charge in [0.25, 0.3) is 11.8 Å². The summed E-state index contributed by atoms with van der Waals surface area (Å²) < 4.78 is 66.4. The van der Waals surface area contributed by atoms with Crippen molar-refractivity contribution in [2.45, 2.75) is 11.5 Å². The van der Waals surface area contributed by atoms with Gasteiger partial charge in [-0.2, -0.15) is 18.7 Å². The zero-order valence-electron chi connectivity index (χ0n) is 17.7. The third-order valence-corrected chi connectivity index (χ3v) is 6.11. The Hall–Kier alpha value is -3.33. The zero-order valence-corrected chi connectivity index (χ0v) is 20.1. The number of hydrogen-bond acceptors (Lipinski definition) is 9. The molecule has 184 valence electrons. The van der Waals surface area contributed by atoms with Gasteiger partial charge in [0.1, 0.15) is 10.0 Å². The molecule has 0 aliphatic heterocycles. The number of aromatic nitrogens is 5. The van der Waals surface area contributed by atoms with Crippen molar-refractivity contribution in [1.29, 1.82) is 0 Å². The Bertz CT molecular complexity index is 1510. The molecule has 0 radical (unpaired) electrons. The summed E-state index contributed by atoms with van der Waals surface area (Å²) in [5, 5.41) is 5.88. The van der Waals surface area contributed by atoms with Crippen LogP contribution in [0.1, 0.15) is 0 Å². The number of rotatable bonds is 7. The summed E-state index contributed by atoms with van der Waals surface area (Å²) in [6, 6.07) is 2.89. The van der Waals surface area contributed by atoms with Crippen LogP contribution in [0.3, 0.4) is 0 Å². The highest BCUT2D eigenvalue weighted by molar-refractivity contribution is 7.89. The number of fused-ring (bicyclic) bond motifs is 1. The van der Waals surface area contributed by atoms with Crippen LogP contribution in [0.5, 0.6) is 17.5 Å². The van der Waals surface area contributed by atoms with Crippen molar-refractivity contribution >= 4 is 44.1 Å². The Morgan fingerprint density at radius 1 is 1.06 bits per heavy atom. The molecule has 0 aliphatic rings. The first-order valence-electron chi connectivity index (χ1n) is 9.34. The summed E-state index contributed by atoms with van der Waals surface area (Å²) in [6.07, 6.45) is 3.75. The molecular weight excluding hydrogens is 533 g/mol. The Kier molecular flexibility index (Phi) is 6.64. The van der Waals surface area contributed by atoms with Crippen molar-refractivity contribution in [1.82, 2.24) is 24.5 Å². The minimum absolute atomic E-state index is 0.116. The predicted octanol–water partition coefficient (Wildman–Crippen LogP) is 3.45. The van der Waals surface area contributed by atoms with Crippen molar-refractivity contribution < 1.29 is 31.4 Å². The molecule has 35 heavy (non-hydrogen) atoms. The maximum atomic E-state index is 12.9. The van der Waals surface area contributed by atoms with Crippen LogP contribution in [0.4, 0.5) is 8.78 Å². The summed E-state index contributed by atoms with van der Waals surface area (Å²) >= 11 is 12.3. The number of halogens is 4. The minimum Gasteiger partial charge on any atom is -0.478 e.